The molecular weight excluding hydrogens is 538 g/mol. The standard InChI is InChI=1S/C33H24ClN3O4/c1-41-23-16-10-19(11-17-23)27-28(32(40)36-22-14-12-21(34)13-15-22)37-29(24-7-3-2-6-20(24)18-35-37)33(27)30(38)25-8-4-5-9-26(25)31(33)39/h2-18,27-29H,1H3,(H,36,40)/t27-,28-,29-/m1/s1. The van der Waals surface area contributed by atoms with E-state index in [4.69, 9.17) is 21.4 Å². The molecule has 7 rings (SSSR count). The molecular formula is C33H24ClN3O4. The van der Waals surface area contributed by atoms with E-state index in [9.17, 15) is 14.4 Å². The normalized spacial score (nSPS) is 21.4. The number of nitrogens with one attached hydrogen (secondary N) is 1. The number of amides is 1. The van der Waals surface area contributed by atoms with E-state index < -0.39 is 23.4 Å². The van der Waals surface area contributed by atoms with Crippen LogP contribution in [0.5, 0.6) is 5.75 Å². The zero-order valence-electron chi connectivity index (χ0n) is 22.0. The second-order valence-electron chi connectivity index (χ2n) is 10.4. The van der Waals surface area contributed by atoms with Crippen molar-refractivity contribution in [2.45, 2.75) is 18.0 Å². The third-order valence-corrected chi connectivity index (χ3v) is 8.68. The lowest BCUT2D eigenvalue weighted by molar-refractivity contribution is -0.121. The molecule has 7 nitrogen and oxygen atoms in total. The number of methoxy groups -OCH3 is 1. The van der Waals surface area contributed by atoms with Gasteiger partial charge in [-0.05, 0) is 53.1 Å². The first-order chi connectivity index (χ1) is 19.9. The van der Waals surface area contributed by atoms with Gasteiger partial charge in [-0.2, -0.15) is 5.10 Å². The van der Waals surface area contributed by atoms with Gasteiger partial charge in [0, 0.05) is 27.8 Å². The maximum Gasteiger partial charge on any atom is 0.249 e. The predicted molar refractivity (Wildman–Crippen MR) is 156 cm³/mol. The van der Waals surface area contributed by atoms with Crippen molar-refractivity contribution in [2.24, 2.45) is 10.5 Å². The first-order valence-corrected chi connectivity index (χ1v) is 13.6. The van der Waals surface area contributed by atoms with E-state index >= 15 is 0 Å². The number of ketones is 2. The van der Waals surface area contributed by atoms with E-state index in [-0.39, 0.29) is 17.5 Å². The lowest BCUT2D eigenvalue weighted by Gasteiger charge is -2.36. The van der Waals surface area contributed by atoms with Gasteiger partial charge in [0.25, 0.3) is 0 Å². The van der Waals surface area contributed by atoms with E-state index in [1.165, 1.54) is 0 Å². The Morgan fingerprint density at radius 3 is 2.17 bits per heavy atom. The van der Waals surface area contributed by atoms with Crippen molar-refractivity contribution in [3.63, 3.8) is 0 Å². The van der Waals surface area contributed by atoms with Crippen LogP contribution in [0.3, 0.4) is 0 Å². The number of hydrogen-bond donors (Lipinski definition) is 1. The number of halogens is 1. The fraction of sp³-hybridized carbons (Fsp3) is 0.152. The van der Waals surface area contributed by atoms with E-state index in [2.05, 4.69) is 5.32 Å². The molecule has 0 bridgehead atoms. The highest BCUT2D eigenvalue weighted by Crippen LogP contribution is 2.64. The first-order valence-electron chi connectivity index (χ1n) is 13.3. The average molecular weight is 562 g/mol. The van der Waals surface area contributed by atoms with Crippen molar-refractivity contribution in [2.75, 3.05) is 12.4 Å². The fourth-order valence-corrected chi connectivity index (χ4v) is 6.84. The van der Waals surface area contributed by atoms with Gasteiger partial charge in [0.1, 0.15) is 17.2 Å². The summed E-state index contributed by atoms with van der Waals surface area (Å²) < 4.78 is 5.39. The Balaban J connectivity index is 1.48. The lowest BCUT2D eigenvalue weighted by Crippen LogP contribution is -2.44. The highest BCUT2D eigenvalue weighted by atomic mass is 35.5. The number of anilines is 1. The summed E-state index contributed by atoms with van der Waals surface area (Å²) >= 11 is 6.08. The molecule has 2 heterocycles. The van der Waals surface area contributed by atoms with Crippen LogP contribution in [0.2, 0.25) is 5.02 Å². The minimum Gasteiger partial charge on any atom is -0.497 e. The molecule has 0 aromatic heterocycles. The molecule has 2 aliphatic heterocycles. The van der Waals surface area contributed by atoms with Crippen molar-refractivity contribution in [1.82, 2.24) is 5.01 Å². The molecule has 0 saturated carbocycles. The summed E-state index contributed by atoms with van der Waals surface area (Å²) in [6.45, 7) is 0. The molecule has 3 aliphatic rings. The van der Waals surface area contributed by atoms with E-state index in [1.54, 1.807) is 79.0 Å². The molecule has 1 fully saturated rings. The van der Waals surface area contributed by atoms with Gasteiger partial charge in [-0.1, -0.05) is 72.3 Å². The topological polar surface area (TPSA) is 88.1 Å². The molecule has 1 spiro atoms. The molecule has 4 aromatic rings. The Hall–Kier alpha value is -4.75. The summed E-state index contributed by atoms with van der Waals surface area (Å²) in [6.07, 6.45) is 1.69. The van der Waals surface area contributed by atoms with Crippen LogP contribution in [-0.4, -0.2) is 41.8 Å². The van der Waals surface area contributed by atoms with E-state index in [1.807, 2.05) is 36.4 Å². The third kappa shape index (κ3) is 3.59. The maximum atomic E-state index is 14.7. The van der Waals surface area contributed by atoms with Crippen molar-refractivity contribution < 1.29 is 19.1 Å². The minimum absolute atomic E-state index is 0.303. The van der Waals surface area contributed by atoms with Crippen LogP contribution in [0.1, 0.15) is 49.4 Å². The minimum atomic E-state index is -1.63. The zero-order chi connectivity index (χ0) is 28.3. The number of nitrogens with zero attached hydrogens (tertiary/aromatic N) is 2. The SMILES string of the molecule is COc1ccc([C@@H]2[C@H](C(=O)Nc3ccc(Cl)cc3)N3N=Cc4ccccc4[C@@H]3C23C(=O)c2ccccc2C3=O)cc1. The van der Waals surface area contributed by atoms with Gasteiger partial charge in [0.2, 0.25) is 5.91 Å². The summed E-state index contributed by atoms with van der Waals surface area (Å²) in [5.41, 5.74) is 1.88. The van der Waals surface area contributed by atoms with Crippen molar-refractivity contribution >= 4 is 41.0 Å². The number of carbonyl (C=O) groups is 3. The number of Topliss-reactive ketones (excluding diaryl/α,β-unsaturated/α-hetero) is 2. The summed E-state index contributed by atoms with van der Waals surface area (Å²) in [6, 6.07) is 26.7. The molecule has 1 saturated heterocycles. The molecule has 0 radical (unpaired) electrons. The number of ether oxygens (including phenoxy) is 1. The van der Waals surface area contributed by atoms with Crippen LogP contribution in [0.25, 0.3) is 0 Å². The van der Waals surface area contributed by atoms with Gasteiger partial charge in [-0.15, -0.1) is 0 Å². The van der Waals surface area contributed by atoms with E-state index in [0.717, 1.165) is 11.1 Å². The largest absolute Gasteiger partial charge is 0.497 e. The number of hydrazone groups is 1. The van der Waals surface area contributed by atoms with E-state index in [0.29, 0.717) is 33.1 Å². The van der Waals surface area contributed by atoms with Gasteiger partial charge in [0.15, 0.2) is 11.6 Å². The van der Waals surface area contributed by atoms with Crippen LogP contribution >= 0.6 is 11.6 Å². The summed E-state index contributed by atoms with van der Waals surface area (Å²) in [5.74, 6) is -1.23. The fourth-order valence-electron chi connectivity index (χ4n) is 6.71. The summed E-state index contributed by atoms with van der Waals surface area (Å²) in [7, 11) is 1.57. The summed E-state index contributed by atoms with van der Waals surface area (Å²) in [4.78, 5) is 43.7. The molecule has 1 aliphatic carbocycles. The Kier molecular flexibility index (Phi) is 5.80. The molecule has 202 valence electrons. The second-order valence-corrected chi connectivity index (χ2v) is 10.9. The van der Waals surface area contributed by atoms with Crippen LogP contribution in [-0.2, 0) is 4.79 Å². The molecule has 3 atom stereocenters. The van der Waals surface area contributed by atoms with Crippen LogP contribution in [0.15, 0.2) is 102 Å². The molecule has 4 aromatic carbocycles. The van der Waals surface area contributed by atoms with Gasteiger partial charge in [-0.3, -0.25) is 19.4 Å². The molecule has 41 heavy (non-hydrogen) atoms. The quantitative estimate of drug-likeness (QED) is 0.313. The second kappa shape index (κ2) is 9.42. The van der Waals surface area contributed by atoms with Crippen LogP contribution in [0, 0.1) is 5.41 Å². The number of fused-ring (bicyclic) bond motifs is 5. The monoisotopic (exact) mass is 561 g/mol. The van der Waals surface area contributed by atoms with Crippen LogP contribution in [0.4, 0.5) is 5.69 Å². The Morgan fingerprint density at radius 2 is 1.51 bits per heavy atom. The molecule has 8 heteroatoms. The zero-order valence-corrected chi connectivity index (χ0v) is 22.7. The highest BCUT2D eigenvalue weighted by Gasteiger charge is 2.72. The smallest absolute Gasteiger partial charge is 0.249 e. The third-order valence-electron chi connectivity index (χ3n) is 8.43. The van der Waals surface area contributed by atoms with Crippen molar-refractivity contribution in [3.05, 3.63) is 130 Å². The van der Waals surface area contributed by atoms with Crippen LogP contribution < -0.4 is 10.1 Å². The lowest BCUT2D eigenvalue weighted by atomic mass is 9.63. The number of benzene rings is 4. The Labute approximate surface area is 241 Å². The van der Waals surface area contributed by atoms with Crippen molar-refractivity contribution in [3.8, 4) is 5.75 Å². The maximum absolute atomic E-state index is 14.7. The molecule has 0 unspecified atom stereocenters. The van der Waals surface area contributed by atoms with Gasteiger partial charge >= 0.3 is 0 Å². The number of rotatable bonds is 4. The average Bonchev–Trinajstić information content (AvgIpc) is 3.44. The number of hydrogen-bond acceptors (Lipinski definition) is 6. The van der Waals surface area contributed by atoms with Gasteiger partial charge in [-0.25, -0.2) is 0 Å². The summed E-state index contributed by atoms with van der Waals surface area (Å²) in [5, 5.41) is 9.93. The molecule has 1 N–H and O–H groups in total. The Bertz CT molecular complexity index is 1710. The van der Waals surface area contributed by atoms with Gasteiger partial charge < -0.3 is 10.1 Å². The predicted octanol–water partition coefficient (Wildman–Crippen LogP) is 5.91. The Morgan fingerprint density at radius 1 is 0.878 bits per heavy atom. The molecule has 1 amide bonds. The highest BCUT2D eigenvalue weighted by molar-refractivity contribution is 6.31. The van der Waals surface area contributed by atoms with Crippen molar-refractivity contribution in [1.29, 1.82) is 0 Å². The van der Waals surface area contributed by atoms with Gasteiger partial charge in [0.05, 0.1) is 19.4 Å². The number of carbonyl (C=O) groups excluding carboxylic acids is 3. The first kappa shape index (κ1) is 25.2.